The van der Waals surface area contributed by atoms with E-state index in [4.69, 9.17) is 0 Å². The van der Waals surface area contributed by atoms with Crippen molar-refractivity contribution in [2.75, 3.05) is 13.1 Å². The minimum atomic E-state index is -6.30. The second kappa shape index (κ2) is 4.78. The lowest BCUT2D eigenvalue weighted by Gasteiger charge is -2.30. The predicted octanol–water partition coefficient (Wildman–Crippen LogP) is 4.02. The van der Waals surface area contributed by atoms with Gasteiger partial charge in [0.05, 0.1) is 0 Å². The van der Waals surface area contributed by atoms with Gasteiger partial charge in [0.25, 0.3) is 0 Å². The quantitative estimate of drug-likeness (QED) is 0.696. The molecular formula is C9H8F9N. The number of halogens is 9. The molecule has 0 spiro atoms. The van der Waals surface area contributed by atoms with Crippen LogP contribution in [0.1, 0.15) is 12.8 Å². The van der Waals surface area contributed by atoms with Crippen LogP contribution in [0.2, 0.25) is 0 Å². The van der Waals surface area contributed by atoms with Gasteiger partial charge in [-0.3, -0.25) is 0 Å². The Morgan fingerprint density at radius 3 is 1.53 bits per heavy atom. The minimum Gasteiger partial charge on any atom is -0.367 e. The zero-order valence-corrected chi connectivity index (χ0v) is 9.18. The average Bonchev–Trinajstić information content (AvgIpc) is 2.67. The fraction of sp³-hybridized carbons (Fsp3) is 0.778. The van der Waals surface area contributed by atoms with Crippen LogP contribution < -0.4 is 0 Å². The van der Waals surface area contributed by atoms with Gasteiger partial charge >= 0.3 is 18.3 Å². The molecular weight excluding hydrogens is 293 g/mol. The highest BCUT2D eigenvalue weighted by Crippen LogP contribution is 2.47. The summed E-state index contributed by atoms with van der Waals surface area (Å²) < 4.78 is 112. The predicted molar refractivity (Wildman–Crippen MR) is 46.0 cm³/mol. The molecule has 1 aliphatic heterocycles. The number of nitrogens with zero attached hydrogens (tertiary/aromatic N) is 1. The van der Waals surface area contributed by atoms with E-state index in [0.29, 0.717) is 0 Å². The van der Waals surface area contributed by atoms with Crippen molar-refractivity contribution in [2.45, 2.75) is 31.1 Å². The highest BCUT2D eigenvalue weighted by molar-refractivity contribution is 5.22. The van der Waals surface area contributed by atoms with Crippen LogP contribution in [-0.2, 0) is 0 Å². The lowest BCUT2D eigenvalue weighted by atomic mass is 10.1. The largest absolute Gasteiger partial charge is 0.459 e. The molecule has 0 aliphatic carbocycles. The van der Waals surface area contributed by atoms with E-state index < -0.39 is 42.9 Å². The fourth-order valence-corrected chi connectivity index (χ4v) is 1.68. The summed E-state index contributed by atoms with van der Waals surface area (Å²) in [6.45, 7) is -0.963. The SMILES string of the molecule is FC(=C(N1CCCC1)C(F)(F)C(F)(F)F)C(F)(F)F. The summed E-state index contributed by atoms with van der Waals surface area (Å²) in [4.78, 5) is 0.0936. The van der Waals surface area contributed by atoms with Crippen LogP contribution >= 0.6 is 0 Å². The molecule has 0 aromatic carbocycles. The van der Waals surface area contributed by atoms with Gasteiger partial charge in [0.15, 0.2) is 0 Å². The Kier molecular flexibility index (Phi) is 4.02. The molecule has 112 valence electrons. The van der Waals surface area contributed by atoms with Crippen molar-refractivity contribution in [3.05, 3.63) is 11.5 Å². The molecule has 1 aliphatic rings. The van der Waals surface area contributed by atoms with E-state index in [2.05, 4.69) is 0 Å². The Hall–Kier alpha value is -1.09. The van der Waals surface area contributed by atoms with Crippen molar-refractivity contribution in [2.24, 2.45) is 0 Å². The van der Waals surface area contributed by atoms with Crippen LogP contribution in [0.4, 0.5) is 39.5 Å². The Morgan fingerprint density at radius 1 is 0.789 bits per heavy atom. The van der Waals surface area contributed by atoms with E-state index in [-0.39, 0.29) is 17.7 Å². The first kappa shape index (κ1) is 16.0. The molecule has 0 saturated carbocycles. The van der Waals surface area contributed by atoms with Crippen molar-refractivity contribution in [1.82, 2.24) is 4.90 Å². The summed E-state index contributed by atoms with van der Waals surface area (Å²) in [5.41, 5.74) is -2.65. The third-order valence-electron chi connectivity index (χ3n) is 2.53. The van der Waals surface area contributed by atoms with E-state index in [1.54, 1.807) is 0 Å². The van der Waals surface area contributed by atoms with Crippen molar-refractivity contribution in [3.63, 3.8) is 0 Å². The summed E-state index contributed by atoms with van der Waals surface area (Å²) >= 11 is 0. The lowest BCUT2D eigenvalue weighted by Crippen LogP contribution is -2.45. The molecule has 0 atom stereocenters. The minimum absolute atomic E-state index is 0.0936. The highest BCUT2D eigenvalue weighted by Gasteiger charge is 2.64. The van der Waals surface area contributed by atoms with Gasteiger partial charge in [-0.05, 0) is 12.8 Å². The summed E-state index contributed by atoms with van der Waals surface area (Å²) in [5.74, 6) is -9.30. The summed E-state index contributed by atoms with van der Waals surface area (Å²) in [6, 6.07) is 0. The molecule has 0 N–H and O–H groups in total. The van der Waals surface area contributed by atoms with Crippen molar-refractivity contribution >= 4 is 0 Å². The average molecular weight is 301 g/mol. The van der Waals surface area contributed by atoms with Crippen molar-refractivity contribution in [1.29, 1.82) is 0 Å². The third-order valence-corrected chi connectivity index (χ3v) is 2.53. The molecule has 0 bridgehead atoms. The number of likely N-dealkylation sites (tertiary alicyclic amines) is 1. The fourth-order valence-electron chi connectivity index (χ4n) is 1.68. The van der Waals surface area contributed by atoms with Crippen molar-refractivity contribution in [3.8, 4) is 0 Å². The van der Waals surface area contributed by atoms with Crippen molar-refractivity contribution < 1.29 is 39.5 Å². The molecule has 1 saturated heterocycles. The Balaban J connectivity index is 3.36. The Labute approximate surface area is 101 Å². The maximum absolute atomic E-state index is 13.1. The maximum atomic E-state index is 13.1. The molecule has 0 aromatic heterocycles. The van der Waals surface area contributed by atoms with E-state index in [1.165, 1.54) is 0 Å². The molecule has 1 fully saturated rings. The second-order valence-corrected chi connectivity index (χ2v) is 3.93. The standard InChI is InChI=1S/C9H8F9N/c10-5(8(13,14)15)6(19-3-1-2-4-19)7(11,12)9(16,17)18/h1-4H2. The normalized spacial score (nSPS) is 19.7. The van der Waals surface area contributed by atoms with Gasteiger partial charge < -0.3 is 4.90 Å². The Morgan fingerprint density at radius 2 is 1.21 bits per heavy atom. The van der Waals surface area contributed by atoms with Gasteiger partial charge in [-0.2, -0.15) is 39.5 Å². The maximum Gasteiger partial charge on any atom is 0.459 e. The number of allylic oxidation sites excluding steroid dienone is 2. The summed E-state index contributed by atoms with van der Waals surface area (Å²) in [6.07, 6.45) is -12.0. The second-order valence-electron chi connectivity index (χ2n) is 3.93. The van der Waals surface area contributed by atoms with Crippen LogP contribution in [-0.4, -0.2) is 36.3 Å². The summed E-state index contributed by atoms with van der Waals surface area (Å²) in [7, 11) is 0. The molecule has 0 amide bonds. The van der Waals surface area contributed by atoms with E-state index in [1.807, 2.05) is 0 Å². The van der Waals surface area contributed by atoms with Gasteiger partial charge in [0.1, 0.15) is 5.70 Å². The van der Waals surface area contributed by atoms with E-state index in [9.17, 15) is 39.5 Å². The van der Waals surface area contributed by atoms with Gasteiger partial charge in [-0.15, -0.1) is 0 Å². The molecule has 1 rings (SSSR count). The molecule has 1 heterocycles. The van der Waals surface area contributed by atoms with Gasteiger partial charge in [-0.25, -0.2) is 0 Å². The highest BCUT2D eigenvalue weighted by atomic mass is 19.4. The van der Waals surface area contributed by atoms with E-state index in [0.717, 1.165) is 0 Å². The molecule has 0 radical (unpaired) electrons. The van der Waals surface area contributed by atoms with Gasteiger partial charge in [0.2, 0.25) is 5.83 Å². The van der Waals surface area contributed by atoms with E-state index >= 15 is 0 Å². The van der Waals surface area contributed by atoms with Gasteiger partial charge in [0, 0.05) is 13.1 Å². The Bertz CT molecular complexity index is 359. The zero-order chi connectivity index (χ0) is 15.1. The topological polar surface area (TPSA) is 3.24 Å². The monoisotopic (exact) mass is 301 g/mol. The lowest BCUT2D eigenvalue weighted by molar-refractivity contribution is -0.272. The first-order valence-corrected chi connectivity index (χ1v) is 5.06. The molecule has 10 heteroatoms. The molecule has 0 unspecified atom stereocenters. The molecule has 0 aromatic rings. The molecule has 1 nitrogen and oxygen atoms in total. The first-order valence-electron chi connectivity index (χ1n) is 5.06. The van der Waals surface area contributed by atoms with Crippen LogP contribution in [0, 0.1) is 0 Å². The van der Waals surface area contributed by atoms with Gasteiger partial charge in [-0.1, -0.05) is 0 Å². The van der Waals surface area contributed by atoms with Crippen LogP contribution in [0.3, 0.4) is 0 Å². The number of hydrogen-bond acceptors (Lipinski definition) is 1. The van der Waals surface area contributed by atoms with Crippen LogP contribution in [0.15, 0.2) is 11.5 Å². The number of alkyl halides is 8. The zero-order valence-electron chi connectivity index (χ0n) is 9.18. The first-order chi connectivity index (χ1) is 8.39. The smallest absolute Gasteiger partial charge is 0.367 e. The van der Waals surface area contributed by atoms with Crippen LogP contribution in [0.25, 0.3) is 0 Å². The third kappa shape index (κ3) is 3.08. The van der Waals surface area contributed by atoms with Crippen LogP contribution in [0.5, 0.6) is 0 Å². The molecule has 19 heavy (non-hydrogen) atoms. The number of hydrogen-bond donors (Lipinski definition) is 0. The number of rotatable bonds is 2. The summed E-state index contributed by atoms with van der Waals surface area (Å²) in [5, 5.41) is 0.